The summed E-state index contributed by atoms with van der Waals surface area (Å²) in [6.45, 7) is 10.2. The number of morpholine rings is 1. The molecule has 0 unspecified atom stereocenters. The summed E-state index contributed by atoms with van der Waals surface area (Å²) in [4.78, 5) is 11.4. The third-order valence-electron chi connectivity index (χ3n) is 5.35. The van der Waals surface area contributed by atoms with E-state index < -0.39 is 10.0 Å². The van der Waals surface area contributed by atoms with Crippen LogP contribution >= 0.6 is 0 Å². The van der Waals surface area contributed by atoms with Gasteiger partial charge in [-0.25, -0.2) is 22.7 Å². The molecule has 8 heteroatoms. The molecule has 26 heavy (non-hydrogen) atoms. The van der Waals surface area contributed by atoms with E-state index in [1.54, 1.807) is 11.2 Å². The Morgan fingerprint density at radius 3 is 2.65 bits per heavy atom. The summed E-state index contributed by atoms with van der Waals surface area (Å²) in [6, 6.07) is 1.98. The summed E-state index contributed by atoms with van der Waals surface area (Å²) in [6.07, 6.45) is 3.34. The number of ether oxygens (including phenoxy) is 1. The third kappa shape index (κ3) is 4.42. The molecule has 0 saturated carbocycles. The largest absolute Gasteiger partial charge is 0.372 e. The van der Waals surface area contributed by atoms with Gasteiger partial charge >= 0.3 is 0 Å². The number of aromatic nitrogens is 2. The van der Waals surface area contributed by atoms with E-state index in [2.05, 4.69) is 28.7 Å². The summed E-state index contributed by atoms with van der Waals surface area (Å²) < 4.78 is 31.9. The van der Waals surface area contributed by atoms with E-state index in [1.807, 2.05) is 12.3 Å². The Morgan fingerprint density at radius 1 is 1.27 bits per heavy atom. The van der Waals surface area contributed by atoms with Gasteiger partial charge in [-0.1, -0.05) is 13.8 Å². The second-order valence-electron chi connectivity index (χ2n) is 7.60. The quantitative estimate of drug-likeness (QED) is 0.770. The normalized spacial score (nSPS) is 22.2. The Bertz CT molecular complexity index is 715. The lowest BCUT2D eigenvalue weighted by atomic mass is 9.90. The molecular formula is C18H30N4O3S. The average molecular weight is 383 g/mol. The first-order chi connectivity index (χ1) is 12.3. The number of nitrogens with zero attached hydrogens (tertiary/aromatic N) is 4. The van der Waals surface area contributed by atoms with Crippen LogP contribution in [0.15, 0.2) is 12.3 Å². The summed E-state index contributed by atoms with van der Waals surface area (Å²) in [5.41, 5.74) is 0.804. The van der Waals surface area contributed by atoms with Gasteiger partial charge in [0.05, 0.1) is 23.7 Å². The molecule has 0 aliphatic carbocycles. The smallest absolute Gasteiger partial charge is 0.213 e. The first-order valence-electron chi connectivity index (χ1n) is 9.49. The highest BCUT2D eigenvalue weighted by Gasteiger charge is 2.41. The van der Waals surface area contributed by atoms with Crippen LogP contribution in [0.1, 0.15) is 51.0 Å². The lowest BCUT2D eigenvalue weighted by Gasteiger charge is -2.46. The Morgan fingerprint density at radius 2 is 2.00 bits per heavy atom. The molecule has 2 aliphatic rings. The number of hydrogen-bond donors (Lipinski definition) is 0. The predicted molar refractivity (Wildman–Crippen MR) is 100 cm³/mol. The molecule has 7 nitrogen and oxygen atoms in total. The van der Waals surface area contributed by atoms with Crippen molar-refractivity contribution in [2.75, 3.05) is 38.5 Å². The molecule has 0 bridgehead atoms. The number of rotatable bonds is 5. The van der Waals surface area contributed by atoms with Crippen LogP contribution in [0.4, 0.5) is 0 Å². The number of piperidine rings is 1. The first kappa shape index (κ1) is 19.7. The van der Waals surface area contributed by atoms with Crippen molar-refractivity contribution < 1.29 is 13.2 Å². The minimum absolute atomic E-state index is 0.166. The van der Waals surface area contributed by atoms with E-state index in [4.69, 9.17) is 4.74 Å². The van der Waals surface area contributed by atoms with Crippen molar-refractivity contribution in [2.45, 2.75) is 51.7 Å². The summed E-state index contributed by atoms with van der Waals surface area (Å²) >= 11 is 0. The first-order valence-corrected chi connectivity index (χ1v) is 11.1. The fraction of sp³-hybridized carbons (Fsp3) is 0.778. The van der Waals surface area contributed by atoms with Crippen LogP contribution in [-0.2, 0) is 21.3 Å². The highest BCUT2D eigenvalue weighted by Crippen LogP contribution is 2.31. The van der Waals surface area contributed by atoms with Crippen molar-refractivity contribution in [1.29, 1.82) is 0 Å². The monoisotopic (exact) mass is 382 g/mol. The van der Waals surface area contributed by atoms with Crippen LogP contribution in [-0.4, -0.2) is 71.7 Å². The number of hydrogen-bond acceptors (Lipinski definition) is 6. The molecule has 1 aromatic heterocycles. The van der Waals surface area contributed by atoms with Crippen LogP contribution in [0.25, 0.3) is 0 Å². The van der Waals surface area contributed by atoms with Crippen LogP contribution in [0, 0.1) is 0 Å². The fourth-order valence-electron chi connectivity index (χ4n) is 3.72. The Hall–Kier alpha value is -1.09. The van der Waals surface area contributed by atoms with Crippen molar-refractivity contribution in [3.8, 4) is 0 Å². The molecule has 2 fully saturated rings. The summed E-state index contributed by atoms with van der Waals surface area (Å²) in [5, 5.41) is 0. The molecular weight excluding hydrogens is 352 g/mol. The van der Waals surface area contributed by atoms with E-state index in [9.17, 15) is 8.42 Å². The van der Waals surface area contributed by atoms with Gasteiger partial charge in [-0.2, -0.15) is 0 Å². The zero-order valence-corrected chi connectivity index (χ0v) is 16.8. The second-order valence-corrected chi connectivity index (χ2v) is 9.86. The highest BCUT2D eigenvalue weighted by molar-refractivity contribution is 7.89. The highest BCUT2D eigenvalue weighted by atomic mass is 32.2. The van der Waals surface area contributed by atoms with Gasteiger partial charge in [0.15, 0.2) is 0 Å². The molecule has 3 rings (SSSR count). The molecule has 2 aliphatic heterocycles. The van der Waals surface area contributed by atoms with Crippen molar-refractivity contribution in [3.05, 3.63) is 23.8 Å². The predicted octanol–water partition coefficient (Wildman–Crippen LogP) is 1.62. The Labute approximate surface area is 156 Å². The summed E-state index contributed by atoms with van der Waals surface area (Å²) in [5.74, 6) is 1.36. The van der Waals surface area contributed by atoms with Crippen molar-refractivity contribution in [3.63, 3.8) is 0 Å². The van der Waals surface area contributed by atoms with Gasteiger partial charge in [-0.05, 0) is 25.8 Å². The van der Waals surface area contributed by atoms with E-state index in [0.29, 0.717) is 25.6 Å². The van der Waals surface area contributed by atoms with Gasteiger partial charge in [0.25, 0.3) is 0 Å². The SMILES string of the molecule is CCS(=O)(=O)N1CCC2(CC1)CN(Cc1ccnc(C(C)C)n1)CCO2. The Kier molecular flexibility index (Phi) is 5.96. The van der Waals surface area contributed by atoms with E-state index in [0.717, 1.165) is 44.0 Å². The molecule has 0 amide bonds. The molecule has 0 N–H and O–H groups in total. The maximum absolute atomic E-state index is 12.1. The average Bonchev–Trinajstić information content (AvgIpc) is 2.62. The molecule has 146 valence electrons. The van der Waals surface area contributed by atoms with Gasteiger partial charge in [0.2, 0.25) is 10.0 Å². The molecule has 3 heterocycles. The zero-order valence-electron chi connectivity index (χ0n) is 16.0. The van der Waals surface area contributed by atoms with Crippen LogP contribution in [0.2, 0.25) is 0 Å². The van der Waals surface area contributed by atoms with E-state index >= 15 is 0 Å². The fourth-order valence-corrected chi connectivity index (χ4v) is 4.83. The van der Waals surface area contributed by atoms with Gasteiger partial charge in [0.1, 0.15) is 5.82 Å². The van der Waals surface area contributed by atoms with Crippen LogP contribution in [0.5, 0.6) is 0 Å². The molecule has 1 spiro atoms. The molecule has 2 saturated heterocycles. The topological polar surface area (TPSA) is 75.6 Å². The maximum Gasteiger partial charge on any atom is 0.213 e. The van der Waals surface area contributed by atoms with Crippen molar-refractivity contribution in [1.82, 2.24) is 19.2 Å². The molecule has 1 aromatic rings. The van der Waals surface area contributed by atoms with E-state index in [-0.39, 0.29) is 11.4 Å². The second kappa shape index (κ2) is 7.88. The lowest BCUT2D eigenvalue weighted by molar-refractivity contribution is -0.131. The maximum atomic E-state index is 12.1. The van der Waals surface area contributed by atoms with Crippen LogP contribution in [0.3, 0.4) is 0 Å². The van der Waals surface area contributed by atoms with Gasteiger partial charge in [-0.15, -0.1) is 0 Å². The minimum atomic E-state index is -3.10. The van der Waals surface area contributed by atoms with Gasteiger partial charge in [0, 0.05) is 44.8 Å². The number of sulfonamides is 1. The Balaban J connectivity index is 1.62. The van der Waals surface area contributed by atoms with Gasteiger partial charge < -0.3 is 4.74 Å². The minimum Gasteiger partial charge on any atom is -0.372 e. The van der Waals surface area contributed by atoms with Crippen LogP contribution < -0.4 is 0 Å². The van der Waals surface area contributed by atoms with E-state index in [1.165, 1.54) is 0 Å². The van der Waals surface area contributed by atoms with Crippen molar-refractivity contribution in [2.24, 2.45) is 0 Å². The van der Waals surface area contributed by atoms with Gasteiger partial charge in [-0.3, -0.25) is 4.90 Å². The van der Waals surface area contributed by atoms with Crippen molar-refractivity contribution >= 4 is 10.0 Å². The zero-order chi connectivity index (χ0) is 18.8. The molecule has 0 radical (unpaired) electrons. The lowest BCUT2D eigenvalue weighted by Crippen LogP contribution is -2.57. The molecule has 0 atom stereocenters. The standard InChI is InChI=1S/C18H30N4O3S/c1-4-26(23,24)22-9-6-18(7-10-22)14-21(11-12-25-18)13-16-5-8-19-17(20-16)15(2)3/h5,8,15H,4,6-7,9-14H2,1-3H3. The third-order valence-corrected chi connectivity index (χ3v) is 7.23. The summed E-state index contributed by atoms with van der Waals surface area (Å²) in [7, 11) is -3.10. The molecule has 0 aromatic carbocycles.